The summed E-state index contributed by atoms with van der Waals surface area (Å²) in [7, 11) is 1.97. The summed E-state index contributed by atoms with van der Waals surface area (Å²) >= 11 is 0. The molecule has 1 aromatic rings. The second-order valence-electron chi connectivity index (χ2n) is 5.46. The predicted octanol–water partition coefficient (Wildman–Crippen LogP) is 4.74. The minimum Gasteiger partial charge on any atom is -0.319 e. The van der Waals surface area contributed by atoms with Gasteiger partial charge in [0.1, 0.15) is 5.82 Å². The van der Waals surface area contributed by atoms with Crippen LogP contribution in [0.3, 0.4) is 0 Å². The van der Waals surface area contributed by atoms with Crippen molar-refractivity contribution in [1.29, 1.82) is 0 Å². The van der Waals surface area contributed by atoms with Crippen LogP contribution in [0.25, 0.3) is 0 Å². The van der Waals surface area contributed by atoms with Crippen LogP contribution in [0.15, 0.2) is 24.3 Å². The third-order valence-electron chi connectivity index (χ3n) is 3.93. The quantitative estimate of drug-likeness (QED) is 0.680. The van der Waals surface area contributed by atoms with Gasteiger partial charge in [-0.25, -0.2) is 4.39 Å². The van der Waals surface area contributed by atoms with Crippen LogP contribution >= 0.6 is 0 Å². The normalized spacial score (nSPS) is 14.3. The van der Waals surface area contributed by atoms with Crippen molar-refractivity contribution in [1.82, 2.24) is 5.32 Å². The van der Waals surface area contributed by atoms with Crippen LogP contribution in [0.2, 0.25) is 0 Å². The molecule has 1 nitrogen and oxygen atoms in total. The molecule has 1 aromatic carbocycles. The summed E-state index contributed by atoms with van der Waals surface area (Å²) in [6.07, 6.45) is 6.22. The van der Waals surface area contributed by atoms with Crippen LogP contribution in [0, 0.1) is 11.7 Å². The Morgan fingerprint density at radius 3 is 2.63 bits per heavy atom. The molecule has 1 N–H and O–H groups in total. The van der Waals surface area contributed by atoms with Gasteiger partial charge in [0.15, 0.2) is 0 Å². The first kappa shape index (κ1) is 16.2. The van der Waals surface area contributed by atoms with Crippen molar-refractivity contribution >= 4 is 0 Å². The molecule has 0 saturated carbocycles. The molecule has 0 saturated heterocycles. The van der Waals surface area contributed by atoms with E-state index in [1.165, 1.54) is 31.7 Å². The molecule has 0 aliphatic heterocycles. The molecule has 0 radical (unpaired) electrons. The lowest BCUT2D eigenvalue weighted by Gasteiger charge is -2.23. The minimum atomic E-state index is -0.125. The fourth-order valence-electron chi connectivity index (χ4n) is 2.73. The number of likely N-dealkylation sites (N-methyl/N-ethyl adjacent to an activating group) is 1. The van der Waals surface area contributed by atoms with Gasteiger partial charge in [0.2, 0.25) is 0 Å². The Balaban J connectivity index is 2.70. The number of halogens is 1. The molecule has 0 aliphatic rings. The van der Waals surface area contributed by atoms with E-state index in [-0.39, 0.29) is 5.82 Å². The average molecular weight is 265 g/mol. The van der Waals surface area contributed by atoms with Crippen molar-refractivity contribution in [2.24, 2.45) is 5.92 Å². The predicted molar refractivity (Wildman–Crippen MR) is 81.0 cm³/mol. The van der Waals surface area contributed by atoms with Crippen molar-refractivity contribution in [2.45, 2.75) is 51.9 Å². The standard InChI is InChI=1S/C17H28FN/c1-4-6-8-14(5-2)11-16(13-19-3)15-9-7-10-17(18)12-15/h7,9-10,12,14,16,19H,4-6,8,11,13H2,1-3H3. The topological polar surface area (TPSA) is 12.0 Å². The number of hydrogen-bond acceptors (Lipinski definition) is 1. The lowest BCUT2D eigenvalue weighted by molar-refractivity contribution is 0.379. The molecule has 0 fully saturated rings. The molecular weight excluding hydrogens is 237 g/mol. The Bertz CT molecular complexity index is 351. The van der Waals surface area contributed by atoms with Crippen molar-refractivity contribution in [3.63, 3.8) is 0 Å². The lowest BCUT2D eigenvalue weighted by atomic mass is 9.85. The summed E-state index contributed by atoms with van der Waals surface area (Å²) in [5.74, 6) is 1.05. The first-order valence-corrected chi connectivity index (χ1v) is 7.61. The minimum absolute atomic E-state index is 0.125. The summed E-state index contributed by atoms with van der Waals surface area (Å²) in [4.78, 5) is 0. The number of nitrogens with one attached hydrogen (secondary N) is 1. The van der Waals surface area contributed by atoms with Gasteiger partial charge >= 0.3 is 0 Å². The Morgan fingerprint density at radius 1 is 1.26 bits per heavy atom. The van der Waals surface area contributed by atoms with E-state index < -0.39 is 0 Å². The van der Waals surface area contributed by atoms with E-state index in [0.717, 1.165) is 24.4 Å². The van der Waals surface area contributed by atoms with E-state index in [1.807, 2.05) is 13.1 Å². The third-order valence-corrected chi connectivity index (χ3v) is 3.93. The Hall–Kier alpha value is -0.890. The monoisotopic (exact) mass is 265 g/mol. The zero-order chi connectivity index (χ0) is 14.1. The highest BCUT2D eigenvalue weighted by molar-refractivity contribution is 5.21. The largest absolute Gasteiger partial charge is 0.319 e. The average Bonchev–Trinajstić information content (AvgIpc) is 2.42. The van der Waals surface area contributed by atoms with Crippen LogP contribution in [0.5, 0.6) is 0 Å². The zero-order valence-corrected chi connectivity index (χ0v) is 12.6. The fraction of sp³-hybridized carbons (Fsp3) is 0.647. The first-order chi connectivity index (χ1) is 9.21. The van der Waals surface area contributed by atoms with Gasteiger partial charge < -0.3 is 5.32 Å². The fourth-order valence-corrected chi connectivity index (χ4v) is 2.73. The van der Waals surface area contributed by atoms with Crippen LogP contribution in [-0.4, -0.2) is 13.6 Å². The smallest absolute Gasteiger partial charge is 0.123 e. The lowest BCUT2D eigenvalue weighted by Crippen LogP contribution is -2.20. The van der Waals surface area contributed by atoms with E-state index in [0.29, 0.717) is 5.92 Å². The molecule has 0 aliphatic carbocycles. The second kappa shape index (κ2) is 9.08. The maximum absolute atomic E-state index is 13.4. The molecule has 108 valence electrons. The molecule has 0 amide bonds. The number of rotatable bonds is 9. The van der Waals surface area contributed by atoms with Gasteiger partial charge in [-0.1, -0.05) is 51.7 Å². The summed E-state index contributed by atoms with van der Waals surface area (Å²) in [6.45, 7) is 5.43. The zero-order valence-electron chi connectivity index (χ0n) is 12.6. The maximum Gasteiger partial charge on any atom is 0.123 e. The molecule has 0 heterocycles. The number of hydrogen-bond donors (Lipinski definition) is 1. The van der Waals surface area contributed by atoms with Crippen molar-refractivity contribution in [2.75, 3.05) is 13.6 Å². The molecule has 2 heteroatoms. The van der Waals surface area contributed by atoms with Crippen molar-refractivity contribution in [3.05, 3.63) is 35.6 Å². The summed E-state index contributed by atoms with van der Waals surface area (Å²) in [6, 6.07) is 7.08. The molecule has 1 rings (SSSR count). The Morgan fingerprint density at radius 2 is 2.05 bits per heavy atom. The number of benzene rings is 1. The van der Waals surface area contributed by atoms with E-state index in [9.17, 15) is 4.39 Å². The van der Waals surface area contributed by atoms with Crippen LogP contribution in [0.4, 0.5) is 4.39 Å². The molecule has 0 spiro atoms. The van der Waals surface area contributed by atoms with E-state index >= 15 is 0 Å². The van der Waals surface area contributed by atoms with Gasteiger partial charge in [0, 0.05) is 6.54 Å². The van der Waals surface area contributed by atoms with Gasteiger partial charge in [0.25, 0.3) is 0 Å². The van der Waals surface area contributed by atoms with Gasteiger partial charge in [0.05, 0.1) is 0 Å². The molecule has 0 aromatic heterocycles. The molecule has 2 atom stereocenters. The van der Waals surface area contributed by atoms with Gasteiger partial charge in [-0.3, -0.25) is 0 Å². The Kier molecular flexibility index (Phi) is 7.73. The van der Waals surface area contributed by atoms with Crippen LogP contribution < -0.4 is 5.32 Å². The molecular formula is C17H28FN. The van der Waals surface area contributed by atoms with Gasteiger partial charge in [-0.2, -0.15) is 0 Å². The Labute approximate surface area is 117 Å². The van der Waals surface area contributed by atoms with Gasteiger partial charge in [-0.05, 0) is 43.0 Å². The summed E-state index contributed by atoms with van der Waals surface area (Å²) in [5, 5.41) is 3.25. The van der Waals surface area contributed by atoms with Crippen molar-refractivity contribution in [3.8, 4) is 0 Å². The van der Waals surface area contributed by atoms with E-state index in [2.05, 4.69) is 25.2 Å². The maximum atomic E-state index is 13.4. The second-order valence-corrected chi connectivity index (χ2v) is 5.46. The van der Waals surface area contributed by atoms with Crippen molar-refractivity contribution < 1.29 is 4.39 Å². The van der Waals surface area contributed by atoms with E-state index in [4.69, 9.17) is 0 Å². The third kappa shape index (κ3) is 5.73. The molecule has 2 unspecified atom stereocenters. The summed E-state index contributed by atoms with van der Waals surface area (Å²) in [5.41, 5.74) is 1.13. The van der Waals surface area contributed by atoms with Crippen LogP contribution in [0.1, 0.15) is 57.4 Å². The first-order valence-electron chi connectivity index (χ1n) is 7.61. The van der Waals surface area contributed by atoms with Crippen LogP contribution in [-0.2, 0) is 0 Å². The highest BCUT2D eigenvalue weighted by atomic mass is 19.1. The highest BCUT2D eigenvalue weighted by Crippen LogP contribution is 2.28. The van der Waals surface area contributed by atoms with E-state index in [1.54, 1.807) is 6.07 Å². The van der Waals surface area contributed by atoms with Gasteiger partial charge in [-0.15, -0.1) is 0 Å². The summed E-state index contributed by atoms with van der Waals surface area (Å²) < 4.78 is 13.4. The number of unbranched alkanes of at least 4 members (excludes halogenated alkanes) is 1. The molecule has 0 bridgehead atoms. The highest BCUT2D eigenvalue weighted by Gasteiger charge is 2.16. The molecule has 19 heavy (non-hydrogen) atoms. The SMILES string of the molecule is CCCCC(CC)CC(CNC)c1cccc(F)c1.